The van der Waals surface area contributed by atoms with Gasteiger partial charge in [0, 0.05) is 6.07 Å². The lowest BCUT2D eigenvalue weighted by Gasteiger charge is -2.15. The summed E-state index contributed by atoms with van der Waals surface area (Å²) >= 11 is 0. The van der Waals surface area contributed by atoms with E-state index in [-0.39, 0.29) is 5.56 Å². The van der Waals surface area contributed by atoms with Gasteiger partial charge in [-0.1, -0.05) is 11.6 Å². The fourth-order valence-electron chi connectivity index (χ4n) is 2.56. The van der Waals surface area contributed by atoms with Gasteiger partial charge in [0.2, 0.25) is 0 Å². The summed E-state index contributed by atoms with van der Waals surface area (Å²) in [5.74, 6) is -1.96. The van der Waals surface area contributed by atoms with Crippen LogP contribution in [-0.4, -0.2) is 24.0 Å². The van der Waals surface area contributed by atoms with Gasteiger partial charge >= 0.3 is 0 Å². The van der Waals surface area contributed by atoms with Crippen molar-refractivity contribution < 1.29 is 13.6 Å². The highest BCUT2D eigenvalue weighted by molar-refractivity contribution is 6.03. The Morgan fingerprint density at radius 3 is 2.71 bits per heavy atom. The standard InChI is InChI=1S/C18H17F2N3O/c19-13-4-5-15(16(20)11-13)18(24)23-17-3-1-2-14(22-17)10-12-6-8-21-9-7-12/h1-5,10-11,21H,6-9H2,(H,22,23,24). The van der Waals surface area contributed by atoms with E-state index in [1.54, 1.807) is 12.1 Å². The topological polar surface area (TPSA) is 54.0 Å². The van der Waals surface area contributed by atoms with E-state index in [0.717, 1.165) is 43.8 Å². The Morgan fingerprint density at radius 2 is 1.96 bits per heavy atom. The predicted molar refractivity (Wildman–Crippen MR) is 88.6 cm³/mol. The van der Waals surface area contributed by atoms with Crippen molar-refractivity contribution >= 4 is 17.8 Å². The van der Waals surface area contributed by atoms with E-state index < -0.39 is 17.5 Å². The van der Waals surface area contributed by atoms with Crippen molar-refractivity contribution in [2.45, 2.75) is 12.8 Å². The number of amides is 1. The fraction of sp³-hybridized carbons (Fsp3) is 0.222. The lowest BCUT2D eigenvalue weighted by Crippen LogP contribution is -2.23. The first-order chi connectivity index (χ1) is 11.6. The third kappa shape index (κ3) is 4.02. The van der Waals surface area contributed by atoms with Crippen molar-refractivity contribution in [1.82, 2.24) is 10.3 Å². The van der Waals surface area contributed by atoms with E-state index >= 15 is 0 Å². The van der Waals surface area contributed by atoms with Crippen LogP contribution in [0.15, 0.2) is 42.0 Å². The van der Waals surface area contributed by atoms with Crippen molar-refractivity contribution in [3.8, 4) is 0 Å². The second kappa shape index (κ2) is 7.31. The molecule has 3 rings (SSSR count). The Hall–Kier alpha value is -2.60. The molecule has 1 aliphatic heterocycles. The minimum atomic E-state index is -0.902. The van der Waals surface area contributed by atoms with Crippen molar-refractivity contribution in [1.29, 1.82) is 0 Å². The number of hydrogen-bond acceptors (Lipinski definition) is 3. The highest BCUT2D eigenvalue weighted by atomic mass is 19.1. The highest BCUT2D eigenvalue weighted by Gasteiger charge is 2.13. The second-order valence-electron chi connectivity index (χ2n) is 5.58. The molecule has 0 atom stereocenters. The van der Waals surface area contributed by atoms with E-state index in [1.807, 2.05) is 12.1 Å². The summed E-state index contributed by atoms with van der Waals surface area (Å²) in [4.78, 5) is 16.5. The molecule has 124 valence electrons. The molecular weight excluding hydrogens is 312 g/mol. The van der Waals surface area contributed by atoms with Gasteiger partial charge < -0.3 is 10.6 Å². The molecule has 1 aromatic heterocycles. The van der Waals surface area contributed by atoms with E-state index in [0.29, 0.717) is 11.9 Å². The molecule has 0 saturated carbocycles. The van der Waals surface area contributed by atoms with Gasteiger partial charge in [0.15, 0.2) is 0 Å². The first-order valence-corrected chi connectivity index (χ1v) is 7.75. The molecule has 0 radical (unpaired) electrons. The Labute approximate surface area is 138 Å². The number of carbonyl (C=O) groups excluding carboxylic acids is 1. The number of halogens is 2. The number of anilines is 1. The minimum absolute atomic E-state index is 0.222. The largest absolute Gasteiger partial charge is 0.316 e. The van der Waals surface area contributed by atoms with E-state index in [4.69, 9.17) is 0 Å². The summed E-state index contributed by atoms with van der Waals surface area (Å²) < 4.78 is 26.6. The van der Waals surface area contributed by atoms with Gasteiger partial charge in [-0.15, -0.1) is 0 Å². The number of carbonyl (C=O) groups is 1. The lowest BCUT2D eigenvalue weighted by atomic mass is 10.0. The van der Waals surface area contributed by atoms with E-state index in [1.165, 1.54) is 5.57 Å². The van der Waals surface area contributed by atoms with Gasteiger partial charge in [0.1, 0.15) is 17.5 Å². The first kappa shape index (κ1) is 16.3. The minimum Gasteiger partial charge on any atom is -0.316 e. The Kier molecular flexibility index (Phi) is 4.96. The third-order valence-electron chi connectivity index (χ3n) is 3.79. The molecule has 1 amide bonds. The number of nitrogens with one attached hydrogen (secondary N) is 2. The summed E-state index contributed by atoms with van der Waals surface area (Å²) in [6.07, 6.45) is 3.95. The van der Waals surface area contributed by atoms with Crippen molar-refractivity contribution in [2.24, 2.45) is 0 Å². The van der Waals surface area contributed by atoms with Gasteiger partial charge in [0.25, 0.3) is 5.91 Å². The molecule has 0 spiro atoms. The normalized spacial score (nSPS) is 14.3. The number of pyridine rings is 1. The molecule has 2 heterocycles. The molecule has 6 heteroatoms. The number of hydrogen-bond donors (Lipinski definition) is 2. The second-order valence-corrected chi connectivity index (χ2v) is 5.58. The van der Waals surface area contributed by atoms with Crippen LogP contribution >= 0.6 is 0 Å². The molecule has 1 saturated heterocycles. The fourth-order valence-corrected chi connectivity index (χ4v) is 2.56. The molecule has 0 unspecified atom stereocenters. The zero-order valence-electron chi connectivity index (χ0n) is 13.0. The molecule has 0 aliphatic carbocycles. The number of piperidine rings is 1. The quantitative estimate of drug-likeness (QED) is 0.908. The predicted octanol–water partition coefficient (Wildman–Crippen LogP) is 3.38. The summed E-state index contributed by atoms with van der Waals surface area (Å²) in [5, 5.41) is 5.83. The van der Waals surface area contributed by atoms with Crippen LogP contribution in [0.3, 0.4) is 0 Å². The molecule has 1 aromatic carbocycles. The Balaban J connectivity index is 1.75. The number of nitrogens with zero attached hydrogens (tertiary/aromatic N) is 1. The summed E-state index contributed by atoms with van der Waals surface area (Å²) in [7, 11) is 0. The SMILES string of the molecule is O=C(Nc1cccc(C=C2CCNCC2)n1)c1ccc(F)cc1F. The lowest BCUT2D eigenvalue weighted by molar-refractivity contribution is 0.102. The van der Waals surface area contributed by atoms with Gasteiger partial charge in [-0.3, -0.25) is 4.79 Å². The maximum Gasteiger partial charge on any atom is 0.259 e. The molecule has 2 aromatic rings. The Morgan fingerprint density at radius 1 is 1.17 bits per heavy atom. The van der Waals surface area contributed by atoms with Crippen LogP contribution in [0.5, 0.6) is 0 Å². The van der Waals surface area contributed by atoms with Crippen LogP contribution < -0.4 is 10.6 Å². The maximum absolute atomic E-state index is 13.7. The van der Waals surface area contributed by atoms with E-state index in [2.05, 4.69) is 15.6 Å². The van der Waals surface area contributed by atoms with Gasteiger partial charge in [-0.2, -0.15) is 0 Å². The maximum atomic E-state index is 13.7. The highest BCUT2D eigenvalue weighted by Crippen LogP contribution is 2.16. The van der Waals surface area contributed by atoms with Crippen LogP contribution in [0.25, 0.3) is 6.08 Å². The number of rotatable bonds is 3. The van der Waals surface area contributed by atoms with Gasteiger partial charge in [-0.25, -0.2) is 13.8 Å². The zero-order valence-corrected chi connectivity index (χ0v) is 13.0. The summed E-state index contributed by atoms with van der Waals surface area (Å²) in [6, 6.07) is 8.09. The number of aromatic nitrogens is 1. The number of benzene rings is 1. The molecule has 1 fully saturated rings. The van der Waals surface area contributed by atoms with Crippen LogP contribution in [0.2, 0.25) is 0 Å². The van der Waals surface area contributed by atoms with Crippen molar-refractivity contribution in [3.05, 3.63) is 64.9 Å². The van der Waals surface area contributed by atoms with Crippen LogP contribution in [0.1, 0.15) is 28.9 Å². The first-order valence-electron chi connectivity index (χ1n) is 7.75. The summed E-state index contributed by atoms with van der Waals surface area (Å²) in [6.45, 7) is 1.90. The molecule has 4 nitrogen and oxygen atoms in total. The average Bonchev–Trinajstić information content (AvgIpc) is 2.56. The van der Waals surface area contributed by atoms with Crippen LogP contribution in [-0.2, 0) is 0 Å². The molecule has 0 bridgehead atoms. The monoisotopic (exact) mass is 329 g/mol. The summed E-state index contributed by atoms with van der Waals surface area (Å²) in [5.41, 5.74) is 1.82. The molecule has 2 N–H and O–H groups in total. The zero-order chi connectivity index (χ0) is 16.9. The average molecular weight is 329 g/mol. The van der Waals surface area contributed by atoms with Crippen molar-refractivity contribution in [2.75, 3.05) is 18.4 Å². The van der Waals surface area contributed by atoms with E-state index in [9.17, 15) is 13.6 Å². The third-order valence-corrected chi connectivity index (χ3v) is 3.79. The van der Waals surface area contributed by atoms with Gasteiger partial charge in [-0.05, 0) is 56.3 Å². The smallest absolute Gasteiger partial charge is 0.259 e. The Bertz CT molecular complexity index is 782. The molecule has 1 aliphatic rings. The molecule has 24 heavy (non-hydrogen) atoms. The van der Waals surface area contributed by atoms with Crippen LogP contribution in [0, 0.1) is 11.6 Å². The molecular formula is C18H17F2N3O. The van der Waals surface area contributed by atoms with Crippen LogP contribution in [0.4, 0.5) is 14.6 Å². The van der Waals surface area contributed by atoms with Gasteiger partial charge in [0.05, 0.1) is 11.3 Å². The van der Waals surface area contributed by atoms with Crippen molar-refractivity contribution in [3.63, 3.8) is 0 Å².